The van der Waals surface area contributed by atoms with Gasteiger partial charge in [-0.15, -0.1) is 4.40 Å². The van der Waals surface area contributed by atoms with Gasteiger partial charge in [-0.1, -0.05) is 11.6 Å². The predicted octanol–water partition coefficient (Wildman–Crippen LogP) is 3.14. The van der Waals surface area contributed by atoms with Gasteiger partial charge in [0.05, 0.1) is 29.8 Å². The van der Waals surface area contributed by atoms with Crippen molar-refractivity contribution in [3.8, 4) is 5.75 Å². The number of hydrogen-bond acceptors (Lipinski definition) is 8. The molecule has 168 valence electrons. The van der Waals surface area contributed by atoms with E-state index in [1.54, 1.807) is 35.2 Å². The molecule has 0 aromatic heterocycles. The highest BCUT2D eigenvalue weighted by atomic mass is 35.5. The second-order valence-corrected chi connectivity index (χ2v) is 10.2. The quantitative estimate of drug-likeness (QED) is 0.629. The SMILES string of the molecule is COc1ccc(Cl)cc1NC(=O)C(C)OC(=O)c1ccc2c(c1)SC1=NS(=O)(=O)CCN12. The van der Waals surface area contributed by atoms with Crippen LogP contribution >= 0.6 is 23.4 Å². The topological polar surface area (TPSA) is 114 Å². The highest BCUT2D eigenvalue weighted by molar-refractivity contribution is 8.15. The van der Waals surface area contributed by atoms with E-state index < -0.39 is 28.0 Å². The van der Waals surface area contributed by atoms with Crippen molar-refractivity contribution < 1.29 is 27.5 Å². The average Bonchev–Trinajstić information content (AvgIpc) is 3.09. The van der Waals surface area contributed by atoms with Gasteiger partial charge in [-0.25, -0.2) is 13.2 Å². The van der Waals surface area contributed by atoms with Crippen LogP contribution < -0.4 is 15.0 Å². The van der Waals surface area contributed by atoms with Crippen LogP contribution in [-0.4, -0.2) is 51.0 Å². The van der Waals surface area contributed by atoms with Crippen molar-refractivity contribution in [3.63, 3.8) is 0 Å². The van der Waals surface area contributed by atoms with Crippen LogP contribution in [0.1, 0.15) is 17.3 Å². The Balaban J connectivity index is 1.45. The summed E-state index contributed by atoms with van der Waals surface area (Å²) in [5.41, 5.74) is 1.37. The van der Waals surface area contributed by atoms with Crippen molar-refractivity contribution in [2.75, 3.05) is 29.6 Å². The maximum absolute atomic E-state index is 12.6. The number of methoxy groups -OCH3 is 1. The first-order valence-electron chi connectivity index (χ1n) is 9.44. The van der Waals surface area contributed by atoms with Crippen LogP contribution in [0.15, 0.2) is 45.7 Å². The molecule has 0 saturated carbocycles. The first-order chi connectivity index (χ1) is 15.2. The number of fused-ring (bicyclic) bond motifs is 3. The summed E-state index contributed by atoms with van der Waals surface area (Å²) in [5.74, 6) is -0.886. The summed E-state index contributed by atoms with van der Waals surface area (Å²) in [6.07, 6.45) is -1.09. The molecule has 2 heterocycles. The number of amidine groups is 1. The number of thioether (sulfide) groups is 1. The number of carbonyl (C=O) groups is 2. The summed E-state index contributed by atoms with van der Waals surface area (Å²) in [7, 11) is -2.01. The number of carbonyl (C=O) groups excluding carboxylic acids is 2. The lowest BCUT2D eigenvalue weighted by atomic mass is 10.2. The fourth-order valence-corrected chi connectivity index (χ4v) is 5.62. The molecule has 2 aliphatic heterocycles. The van der Waals surface area contributed by atoms with E-state index in [0.717, 1.165) is 5.69 Å². The molecule has 0 bridgehead atoms. The number of nitrogens with zero attached hydrogens (tertiary/aromatic N) is 2. The van der Waals surface area contributed by atoms with Crippen LogP contribution in [0.2, 0.25) is 5.02 Å². The van der Waals surface area contributed by atoms with Gasteiger partial charge >= 0.3 is 5.97 Å². The number of anilines is 2. The monoisotopic (exact) mass is 495 g/mol. The fourth-order valence-electron chi connectivity index (χ4n) is 3.15. The number of benzene rings is 2. The number of sulfonamides is 1. The molecule has 0 fully saturated rings. The third-order valence-electron chi connectivity index (χ3n) is 4.78. The minimum atomic E-state index is -3.47. The summed E-state index contributed by atoms with van der Waals surface area (Å²) >= 11 is 7.14. The van der Waals surface area contributed by atoms with Crippen LogP contribution in [0, 0.1) is 0 Å². The number of halogens is 1. The van der Waals surface area contributed by atoms with Gasteiger partial charge in [-0.05, 0) is 55.1 Å². The molecule has 2 aromatic rings. The van der Waals surface area contributed by atoms with Gasteiger partial charge in [-0.2, -0.15) is 0 Å². The number of esters is 1. The molecule has 1 amide bonds. The van der Waals surface area contributed by atoms with E-state index in [-0.39, 0.29) is 11.3 Å². The molecule has 2 aliphatic rings. The van der Waals surface area contributed by atoms with Gasteiger partial charge in [0, 0.05) is 16.5 Å². The summed E-state index contributed by atoms with van der Waals surface area (Å²) in [4.78, 5) is 27.6. The second-order valence-electron chi connectivity index (χ2n) is 6.98. The zero-order chi connectivity index (χ0) is 23.0. The van der Waals surface area contributed by atoms with Crippen molar-refractivity contribution in [2.24, 2.45) is 4.40 Å². The Bertz CT molecular complexity index is 1250. The average molecular weight is 496 g/mol. The van der Waals surface area contributed by atoms with E-state index in [1.165, 1.54) is 31.9 Å². The number of amides is 1. The molecule has 9 nitrogen and oxygen atoms in total. The van der Waals surface area contributed by atoms with Crippen LogP contribution in [0.4, 0.5) is 11.4 Å². The van der Waals surface area contributed by atoms with Gasteiger partial charge in [0.1, 0.15) is 5.75 Å². The highest BCUT2D eigenvalue weighted by Crippen LogP contribution is 2.42. The molecule has 0 spiro atoms. The van der Waals surface area contributed by atoms with E-state index in [1.807, 2.05) is 0 Å². The molecule has 0 saturated heterocycles. The smallest absolute Gasteiger partial charge is 0.338 e. The third kappa shape index (κ3) is 4.54. The molecule has 4 rings (SSSR count). The summed E-state index contributed by atoms with van der Waals surface area (Å²) in [6, 6.07) is 9.64. The standard InChI is InChI=1S/C20H18ClN3O6S2/c1-11(18(25)22-14-10-13(21)4-6-16(14)29-2)30-19(26)12-3-5-15-17(9-12)31-20-23-32(27,28)8-7-24(15)20/h3-6,9-11H,7-8H2,1-2H3,(H,22,25). The summed E-state index contributed by atoms with van der Waals surface area (Å²) in [5, 5.41) is 3.41. The van der Waals surface area contributed by atoms with Gasteiger partial charge in [0.25, 0.3) is 15.9 Å². The molecule has 1 unspecified atom stereocenters. The first kappa shape index (κ1) is 22.4. The number of rotatable bonds is 5. The van der Waals surface area contributed by atoms with Gasteiger partial charge in [-0.3, -0.25) is 4.79 Å². The predicted molar refractivity (Wildman–Crippen MR) is 122 cm³/mol. The highest BCUT2D eigenvalue weighted by Gasteiger charge is 2.33. The van der Waals surface area contributed by atoms with E-state index in [0.29, 0.717) is 33.1 Å². The van der Waals surface area contributed by atoms with Crippen LogP contribution in [-0.2, 0) is 19.6 Å². The molecule has 1 N–H and O–H groups in total. The fraction of sp³-hybridized carbons (Fsp3) is 0.250. The molecule has 0 aliphatic carbocycles. The second kappa shape index (κ2) is 8.64. The minimum Gasteiger partial charge on any atom is -0.495 e. The Kier molecular flexibility index (Phi) is 6.06. The van der Waals surface area contributed by atoms with Gasteiger partial charge in [0.2, 0.25) is 0 Å². The molecule has 1 atom stereocenters. The molecule has 2 aromatic carbocycles. The molecular formula is C20H18ClN3O6S2. The lowest BCUT2D eigenvalue weighted by Crippen LogP contribution is -2.35. The van der Waals surface area contributed by atoms with E-state index in [9.17, 15) is 18.0 Å². The number of ether oxygens (including phenoxy) is 2. The van der Waals surface area contributed by atoms with Crippen molar-refractivity contribution in [3.05, 3.63) is 47.0 Å². The molecule has 0 radical (unpaired) electrons. The summed E-state index contributed by atoms with van der Waals surface area (Å²) in [6.45, 7) is 1.75. The van der Waals surface area contributed by atoms with Crippen LogP contribution in [0.25, 0.3) is 0 Å². The lowest BCUT2D eigenvalue weighted by Gasteiger charge is -2.22. The normalized spacial score (nSPS) is 17.0. The van der Waals surface area contributed by atoms with Gasteiger partial charge < -0.3 is 19.7 Å². The zero-order valence-corrected chi connectivity index (χ0v) is 19.4. The minimum absolute atomic E-state index is 0.0651. The van der Waals surface area contributed by atoms with Gasteiger partial charge in [0.15, 0.2) is 11.3 Å². The van der Waals surface area contributed by atoms with E-state index in [4.69, 9.17) is 21.1 Å². The number of nitrogens with one attached hydrogen (secondary N) is 1. The maximum Gasteiger partial charge on any atom is 0.338 e. The van der Waals surface area contributed by atoms with Crippen LogP contribution in [0.3, 0.4) is 0 Å². The van der Waals surface area contributed by atoms with Crippen molar-refractivity contribution >= 4 is 61.8 Å². The van der Waals surface area contributed by atoms with E-state index in [2.05, 4.69) is 9.71 Å². The maximum atomic E-state index is 12.6. The van der Waals surface area contributed by atoms with E-state index >= 15 is 0 Å². The van der Waals surface area contributed by atoms with Crippen LogP contribution in [0.5, 0.6) is 5.75 Å². The Morgan fingerprint density at radius 2 is 2.03 bits per heavy atom. The Morgan fingerprint density at radius 3 is 2.78 bits per heavy atom. The molecule has 32 heavy (non-hydrogen) atoms. The first-order valence-corrected chi connectivity index (χ1v) is 12.2. The molecular weight excluding hydrogens is 478 g/mol. The Labute approximate surface area is 193 Å². The lowest BCUT2D eigenvalue weighted by molar-refractivity contribution is -0.123. The van der Waals surface area contributed by atoms with Crippen molar-refractivity contribution in [1.29, 1.82) is 0 Å². The van der Waals surface area contributed by atoms with Crippen molar-refractivity contribution in [2.45, 2.75) is 17.9 Å². The van der Waals surface area contributed by atoms with Crippen molar-refractivity contribution in [1.82, 2.24) is 0 Å². The zero-order valence-electron chi connectivity index (χ0n) is 17.0. The third-order valence-corrected chi connectivity index (χ3v) is 7.32. The largest absolute Gasteiger partial charge is 0.495 e. The molecule has 12 heteroatoms. The number of hydrogen-bond donors (Lipinski definition) is 1. The Morgan fingerprint density at radius 1 is 1.25 bits per heavy atom. The Hall–Kier alpha value is -2.76. The summed E-state index contributed by atoms with van der Waals surface area (Å²) < 4.78 is 37.8.